The molecule has 3 amide bonds. The molecular weight excluding hydrogens is 598 g/mol. The lowest BCUT2D eigenvalue weighted by Gasteiger charge is -2.32. The Bertz CT molecular complexity index is 1170. The number of thioether (sulfide) groups is 1. The molecule has 0 radical (unpaired) electrons. The predicted molar refractivity (Wildman–Crippen MR) is 170 cm³/mol. The highest BCUT2D eigenvalue weighted by atomic mass is 32.2. The summed E-state index contributed by atoms with van der Waals surface area (Å²) in [5.74, 6) is -3.06. The van der Waals surface area contributed by atoms with Crippen molar-refractivity contribution >= 4 is 29.5 Å². The molecule has 0 unspecified atom stereocenters. The second-order valence-corrected chi connectivity index (χ2v) is 11.7. The van der Waals surface area contributed by atoms with E-state index in [0.717, 1.165) is 37.8 Å². The Morgan fingerprint density at radius 2 is 1.59 bits per heavy atom. The summed E-state index contributed by atoms with van der Waals surface area (Å²) >= 11 is 1.56. The van der Waals surface area contributed by atoms with E-state index >= 15 is 0 Å². The molecule has 0 aliphatic heterocycles. The molecular formula is C30H46F2N4O7S. The van der Waals surface area contributed by atoms with E-state index in [1.165, 1.54) is 26.2 Å². The van der Waals surface area contributed by atoms with Gasteiger partial charge in [0, 0.05) is 49.2 Å². The number of rotatable bonds is 17. The Labute approximate surface area is 263 Å². The Morgan fingerprint density at radius 3 is 2.11 bits per heavy atom. The summed E-state index contributed by atoms with van der Waals surface area (Å²) in [7, 11) is 0. The van der Waals surface area contributed by atoms with Crippen LogP contribution in [-0.2, 0) is 16.0 Å². The van der Waals surface area contributed by atoms with Crippen molar-refractivity contribution in [1.29, 1.82) is 0 Å². The van der Waals surface area contributed by atoms with Crippen LogP contribution in [0, 0.1) is 21.6 Å². The molecule has 0 aliphatic rings. The van der Waals surface area contributed by atoms with Gasteiger partial charge in [-0.15, -0.1) is 0 Å². The first kappa shape index (κ1) is 38.5. The van der Waals surface area contributed by atoms with Gasteiger partial charge in [0.1, 0.15) is 29.9 Å². The number of aliphatic hydroxyl groups excluding tert-OH is 2. The average molecular weight is 645 g/mol. The fraction of sp³-hybridized carbons (Fsp3) is 0.533. The number of carbonyl (C=O) groups excluding carboxylic acids is 3. The summed E-state index contributed by atoms with van der Waals surface area (Å²) in [6.45, 7) is 6.88. The van der Waals surface area contributed by atoms with Crippen molar-refractivity contribution in [3.8, 4) is 0 Å². The van der Waals surface area contributed by atoms with Crippen molar-refractivity contribution in [3.05, 3.63) is 75.4 Å². The van der Waals surface area contributed by atoms with Crippen molar-refractivity contribution < 1.29 is 36.2 Å². The summed E-state index contributed by atoms with van der Waals surface area (Å²) < 4.78 is 27.9. The van der Waals surface area contributed by atoms with Crippen molar-refractivity contribution in [3.63, 3.8) is 0 Å². The smallest absolute Gasteiger partial charge is 0.253 e. The molecule has 1 aromatic heterocycles. The lowest BCUT2D eigenvalue weighted by Crippen LogP contribution is -2.59. The van der Waals surface area contributed by atoms with Crippen molar-refractivity contribution in [2.75, 3.05) is 5.75 Å². The fourth-order valence-corrected chi connectivity index (χ4v) is 6.08. The minimum Gasteiger partial charge on any atom is -0.388 e. The maximum Gasteiger partial charge on any atom is 0.253 e. The van der Waals surface area contributed by atoms with Gasteiger partial charge in [-0.25, -0.2) is 8.78 Å². The number of hydrogen-bond acceptors (Lipinski definition) is 9. The van der Waals surface area contributed by atoms with Gasteiger partial charge in [-0.1, -0.05) is 26.7 Å². The molecule has 0 saturated carbocycles. The molecule has 0 spiro atoms. The van der Waals surface area contributed by atoms with Crippen LogP contribution in [0.1, 0.15) is 72.2 Å². The Hall–Kier alpha value is -3.49. The molecule has 248 valence electrons. The van der Waals surface area contributed by atoms with Crippen molar-refractivity contribution in [2.45, 2.75) is 95.4 Å². The molecule has 2 rings (SSSR count). The van der Waals surface area contributed by atoms with Crippen LogP contribution in [0.4, 0.5) is 8.78 Å². The van der Waals surface area contributed by atoms with Crippen LogP contribution in [0.15, 0.2) is 42.7 Å². The second-order valence-electron chi connectivity index (χ2n) is 10.4. The van der Waals surface area contributed by atoms with Gasteiger partial charge in [0.05, 0.1) is 17.6 Å². The fourth-order valence-electron chi connectivity index (χ4n) is 4.57. The highest BCUT2D eigenvalue weighted by Gasteiger charge is 2.34. The van der Waals surface area contributed by atoms with E-state index in [4.69, 9.17) is 9.93 Å². The topological polar surface area (TPSA) is 175 Å². The first-order chi connectivity index (χ1) is 20.9. The van der Waals surface area contributed by atoms with Crippen molar-refractivity contribution in [1.82, 2.24) is 20.9 Å². The number of benzene rings is 1. The summed E-state index contributed by atoms with van der Waals surface area (Å²) in [5, 5.41) is 30.1. The third kappa shape index (κ3) is 13.4. The van der Waals surface area contributed by atoms with E-state index in [9.17, 15) is 33.4 Å². The first-order valence-corrected chi connectivity index (χ1v) is 15.4. The standard InChI is InChI=1S/C30H42F2N4O5S.O2.2H2/c1-5-8-24(9-6-2)42-17-26(36-29(40)21-10-7-11-33-16-21)30(41)35-25(14-20-12-22(31)15-23(32)13-20)28(39)27(38)18(3)34-19(4)37;1-2;;/h7,10-13,15-16,18,24-28,38-39H,5-6,8-9,14,17H2,1-4H3,(H,34,37)(H,35,41)(H,36,40);;2*1H/t18-,25+,26-,27-,28-;;;/m1.../s1. The lowest BCUT2D eigenvalue weighted by molar-refractivity contribution is -0.126. The van der Waals surface area contributed by atoms with Gasteiger partial charge in [0.2, 0.25) is 11.8 Å². The molecule has 0 fully saturated rings. The van der Waals surface area contributed by atoms with Crippen LogP contribution in [0.25, 0.3) is 0 Å². The Morgan fingerprint density at radius 1 is 0.977 bits per heavy atom. The predicted octanol–water partition coefficient (Wildman–Crippen LogP) is 3.69. The van der Waals surface area contributed by atoms with Gasteiger partial charge >= 0.3 is 0 Å². The minimum atomic E-state index is -1.64. The average Bonchev–Trinajstić information content (AvgIpc) is 2.98. The maximum atomic E-state index is 14.0. The van der Waals surface area contributed by atoms with Crippen LogP contribution in [-0.4, -0.2) is 74.3 Å². The number of nitrogens with one attached hydrogen (secondary N) is 3. The number of aromatic nitrogens is 1. The molecule has 11 nitrogen and oxygen atoms in total. The van der Waals surface area contributed by atoms with E-state index in [1.54, 1.807) is 23.9 Å². The van der Waals surface area contributed by atoms with Gasteiger partial charge in [-0.05, 0) is 56.0 Å². The number of aliphatic hydroxyl groups is 2. The van der Waals surface area contributed by atoms with Gasteiger partial charge in [-0.3, -0.25) is 19.4 Å². The summed E-state index contributed by atoms with van der Waals surface area (Å²) in [6.07, 6.45) is 3.26. The van der Waals surface area contributed by atoms with Crippen LogP contribution >= 0.6 is 11.8 Å². The number of nitrogens with zero attached hydrogens (tertiary/aromatic N) is 1. The quantitative estimate of drug-likeness (QED) is 0.172. The highest BCUT2D eigenvalue weighted by molar-refractivity contribution is 7.99. The number of pyridine rings is 1. The summed E-state index contributed by atoms with van der Waals surface area (Å²) in [5.41, 5.74) is 0.387. The third-order valence-electron chi connectivity index (χ3n) is 6.68. The molecule has 44 heavy (non-hydrogen) atoms. The zero-order valence-corrected chi connectivity index (χ0v) is 26.1. The lowest BCUT2D eigenvalue weighted by atomic mass is 9.94. The zero-order chi connectivity index (χ0) is 33.2. The van der Waals surface area contributed by atoms with Gasteiger partial charge in [0.15, 0.2) is 0 Å². The van der Waals surface area contributed by atoms with Gasteiger partial charge < -0.3 is 26.2 Å². The molecule has 14 heteroatoms. The minimum absolute atomic E-state index is 0. The van der Waals surface area contributed by atoms with Gasteiger partial charge in [0.25, 0.3) is 5.91 Å². The van der Waals surface area contributed by atoms with Crippen LogP contribution < -0.4 is 16.0 Å². The highest BCUT2D eigenvalue weighted by Crippen LogP contribution is 2.23. The monoisotopic (exact) mass is 644 g/mol. The number of hydrogen-bond donors (Lipinski definition) is 5. The largest absolute Gasteiger partial charge is 0.388 e. The third-order valence-corrected chi connectivity index (χ3v) is 8.15. The van der Waals surface area contributed by atoms with E-state index in [1.807, 2.05) is 0 Å². The molecule has 5 atom stereocenters. The van der Waals surface area contributed by atoms with E-state index in [2.05, 4.69) is 34.8 Å². The van der Waals surface area contributed by atoms with E-state index < -0.39 is 59.7 Å². The zero-order valence-electron chi connectivity index (χ0n) is 25.3. The molecule has 5 N–H and O–H groups in total. The van der Waals surface area contributed by atoms with Crippen LogP contribution in [0.2, 0.25) is 0 Å². The van der Waals surface area contributed by atoms with E-state index in [-0.39, 0.29) is 31.4 Å². The number of carbonyl (C=O) groups is 3. The van der Waals surface area contributed by atoms with E-state index in [0.29, 0.717) is 6.07 Å². The SMILES string of the molecule is CCCC(CCC)SC[C@@H](NC(=O)c1cccnc1)C(=O)N[C@@H](Cc1cc(F)cc(F)c1)[C@@H](O)[C@H](O)[C@@H](C)NC(C)=O.O=O.[HH].[HH]. The Balaban J connectivity index is 0. The van der Waals surface area contributed by atoms with Crippen LogP contribution in [0.3, 0.4) is 0 Å². The second kappa shape index (κ2) is 20.5. The summed E-state index contributed by atoms with van der Waals surface area (Å²) in [4.78, 5) is 56.1. The van der Waals surface area contributed by atoms with Crippen molar-refractivity contribution in [2.24, 2.45) is 0 Å². The molecule has 0 saturated heterocycles. The maximum absolute atomic E-state index is 14.0. The molecule has 0 bridgehead atoms. The normalized spacial score (nSPS) is 14.3. The Kier molecular flexibility index (Phi) is 17.9. The number of halogens is 2. The number of amides is 3. The first-order valence-electron chi connectivity index (χ1n) is 14.3. The molecule has 2 aromatic rings. The van der Waals surface area contributed by atoms with Gasteiger partial charge in [-0.2, -0.15) is 11.8 Å². The molecule has 1 aromatic carbocycles. The summed E-state index contributed by atoms with van der Waals surface area (Å²) in [6, 6.07) is 2.82. The van der Waals surface area contributed by atoms with Crippen LogP contribution in [0.5, 0.6) is 0 Å². The molecule has 1 heterocycles. The molecule has 0 aliphatic carbocycles.